The van der Waals surface area contributed by atoms with Gasteiger partial charge in [0.25, 0.3) is 0 Å². The molecule has 1 aliphatic rings. The van der Waals surface area contributed by atoms with Gasteiger partial charge in [0.2, 0.25) is 0 Å². The second-order valence-corrected chi connectivity index (χ2v) is 12.0. The van der Waals surface area contributed by atoms with Crippen LogP contribution in [0.25, 0.3) is 0 Å². The molecular weight excluding hydrogens is 726 g/mol. The quantitative estimate of drug-likeness (QED) is 0.0338. The molecule has 0 bridgehead atoms. The molecule has 0 saturated carbocycles. The number of nitrogens with zero attached hydrogens (tertiary/aromatic N) is 8. The molecule has 1 unspecified atom stereocenters. The molecule has 6 N–H and O–H groups in total. The van der Waals surface area contributed by atoms with Crippen molar-refractivity contribution >= 4 is 24.7 Å². The van der Waals surface area contributed by atoms with E-state index in [0.29, 0.717) is 77.4 Å². The number of ether oxygens (including phenoxy) is 7. The van der Waals surface area contributed by atoms with E-state index >= 15 is 0 Å². The van der Waals surface area contributed by atoms with Crippen LogP contribution >= 0.6 is 0 Å². The molecule has 0 radical (unpaired) electrons. The number of carbonyl (C=O) groups is 2. The summed E-state index contributed by atoms with van der Waals surface area (Å²) in [5.41, 5.74) is 13.7. The largest absolute Gasteiger partial charge is 0.481 e. The maximum atomic E-state index is 12.1. The highest BCUT2D eigenvalue weighted by Gasteiger charge is 2.24. The normalized spacial score (nSPS) is 14.1. The number of oxime groups is 1. The molecule has 0 aromatic carbocycles. The van der Waals surface area contributed by atoms with E-state index < -0.39 is 12.1 Å². The molecule has 0 fully saturated rings. The first kappa shape index (κ1) is 44.9. The summed E-state index contributed by atoms with van der Waals surface area (Å²) in [5, 5.41) is 32.1. The summed E-state index contributed by atoms with van der Waals surface area (Å²) in [6.45, 7) is 8.90. The minimum absolute atomic E-state index is 0.00349. The molecule has 22 nitrogen and oxygen atoms in total. The van der Waals surface area contributed by atoms with Gasteiger partial charge >= 0.3 is 12.1 Å². The standard InChI is InChI=1S/C33H57N11O11/c1-36-55-24-22-51-21-23-53-29-6-4-2-3-5-28-31(29)40-42-44(28)11-15-49-18-20-50-19-17-48-13-10-38-33(47)54-16-12-43-27(7-8-30(45)46)26(39-41-43)25-52-14-9-37-32(34)35/h29H,1-25H2,(H,38,47)(H,45,46)(H4,34,35,37). The van der Waals surface area contributed by atoms with Gasteiger partial charge in [0.15, 0.2) is 5.96 Å². The predicted octanol–water partition coefficient (Wildman–Crippen LogP) is -0.0240. The number of nitrogens with one attached hydrogen (secondary N) is 1. The highest BCUT2D eigenvalue weighted by Crippen LogP contribution is 2.29. The summed E-state index contributed by atoms with van der Waals surface area (Å²) < 4.78 is 42.6. The third kappa shape index (κ3) is 19.1. The van der Waals surface area contributed by atoms with Crippen molar-refractivity contribution in [1.82, 2.24) is 35.3 Å². The van der Waals surface area contributed by atoms with E-state index in [2.05, 4.69) is 42.8 Å². The molecule has 0 aliphatic heterocycles. The monoisotopic (exact) mass is 783 g/mol. The number of hydrogen-bond donors (Lipinski definition) is 4. The first-order valence-electron chi connectivity index (χ1n) is 18.5. The Kier molecular flexibility index (Phi) is 22.9. The number of carboxylic acid groups (broad SMARTS) is 1. The molecule has 2 heterocycles. The lowest BCUT2D eigenvalue weighted by Crippen LogP contribution is -2.29. The Bertz CT molecular complexity index is 1410. The molecule has 22 heteroatoms. The molecule has 2 aromatic rings. The zero-order valence-electron chi connectivity index (χ0n) is 31.5. The Morgan fingerprint density at radius 1 is 0.836 bits per heavy atom. The SMILES string of the molecule is C=NOCCOCCOC1CCCCCc2c1nnn2CCOCCOCCOCCNC(=O)OCCn1nnc(COCCN=C(N)N)c1CCC(=O)O. The van der Waals surface area contributed by atoms with E-state index in [9.17, 15) is 9.59 Å². The van der Waals surface area contributed by atoms with Crippen molar-refractivity contribution < 1.29 is 52.7 Å². The number of amides is 1. The molecule has 3 rings (SSSR count). The van der Waals surface area contributed by atoms with E-state index in [1.54, 1.807) is 0 Å². The van der Waals surface area contributed by atoms with Gasteiger partial charge in [-0.1, -0.05) is 23.3 Å². The van der Waals surface area contributed by atoms with E-state index in [-0.39, 0.29) is 71.0 Å². The van der Waals surface area contributed by atoms with Crippen LogP contribution in [0.1, 0.15) is 61.0 Å². The fourth-order valence-corrected chi connectivity index (χ4v) is 5.40. The number of hydrogen-bond acceptors (Lipinski definition) is 16. The number of guanidine groups is 1. The maximum absolute atomic E-state index is 12.1. The topological polar surface area (TPSA) is 278 Å². The van der Waals surface area contributed by atoms with Crippen molar-refractivity contribution in [1.29, 1.82) is 0 Å². The molecule has 1 aliphatic carbocycles. The van der Waals surface area contributed by atoms with Crippen LogP contribution < -0.4 is 16.8 Å². The lowest BCUT2D eigenvalue weighted by molar-refractivity contribution is -0.137. The van der Waals surface area contributed by atoms with Crippen molar-refractivity contribution in [2.45, 2.75) is 70.7 Å². The molecule has 1 amide bonds. The summed E-state index contributed by atoms with van der Waals surface area (Å²) in [6.07, 6.45) is 4.41. The molecule has 0 saturated heterocycles. The summed E-state index contributed by atoms with van der Waals surface area (Å²) in [7, 11) is 0. The lowest BCUT2D eigenvalue weighted by Gasteiger charge is -2.20. The minimum Gasteiger partial charge on any atom is -0.481 e. The van der Waals surface area contributed by atoms with Crippen LogP contribution in [-0.2, 0) is 75.3 Å². The number of carbonyl (C=O) groups excluding carboxylic acids is 1. The fraction of sp³-hybridized carbons (Fsp3) is 0.758. The molecular formula is C33H57N11O11. The molecule has 310 valence electrons. The van der Waals surface area contributed by atoms with Gasteiger partial charge in [0, 0.05) is 19.7 Å². The van der Waals surface area contributed by atoms with Crippen LogP contribution in [0.4, 0.5) is 4.79 Å². The van der Waals surface area contributed by atoms with Gasteiger partial charge in [-0.05, 0) is 19.3 Å². The number of nitrogens with two attached hydrogens (primary N) is 2. The first-order valence-corrected chi connectivity index (χ1v) is 18.5. The molecule has 55 heavy (non-hydrogen) atoms. The predicted molar refractivity (Wildman–Crippen MR) is 195 cm³/mol. The fourth-order valence-electron chi connectivity index (χ4n) is 5.40. The summed E-state index contributed by atoms with van der Waals surface area (Å²) in [6, 6.07) is 0. The van der Waals surface area contributed by atoms with Gasteiger partial charge in [-0.15, -0.1) is 15.4 Å². The average Bonchev–Trinajstić information content (AvgIpc) is 3.73. The Hall–Kier alpha value is -4.48. The third-order valence-electron chi connectivity index (χ3n) is 8.02. The number of alkyl carbamates (subject to hydrolysis) is 1. The first-order chi connectivity index (χ1) is 26.9. The minimum atomic E-state index is -0.962. The van der Waals surface area contributed by atoms with Crippen LogP contribution in [0.3, 0.4) is 0 Å². The van der Waals surface area contributed by atoms with Crippen molar-refractivity contribution in [3.8, 4) is 0 Å². The summed E-state index contributed by atoms with van der Waals surface area (Å²) >= 11 is 0. The summed E-state index contributed by atoms with van der Waals surface area (Å²) in [4.78, 5) is 31.9. The number of rotatable bonds is 31. The van der Waals surface area contributed by atoms with Crippen LogP contribution in [0, 0.1) is 0 Å². The van der Waals surface area contributed by atoms with Gasteiger partial charge in [0.05, 0.1) is 110 Å². The molecule has 1 atom stereocenters. The van der Waals surface area contributed by atoms with Gasteiger partial charge in [-0.25, -0.2) is 14.2 Å². The molecule has 2 aromatic heterocycles. The van der Waals surface area contributed by atoms with E-state index in [1.165, 1.54) is 4.68 Å². The van der Waals surface area contributed by atoms with E-state index in [4.69, 9.17) is 54.6 Å². The lowest BCUT2D eigenvalue weighted by atomic mass is 9.99. The highest BCUT2D eigenvalue weighted by atomic mass is 16.6. The number of carboxylic acids is 1. The summed E-state index contributed by atoms with van der Waals surface area (Å²) in [5.74, 6) is -1.00. The second kappa shape index (κ2) is 28.0. The average molecular weight is 784 g/mol. The van der Waals surface area contributed by atoms with Crippen LogP contribution in [0.15, 0.2) is 10.1 Å². The second-order valence-electron chi connectivity index (χ2n) is 12.0. The van der Waals surface area contributed by atoms with Gasteiger partial charge in [-0.2, -0.15) is 0 Å². The zero-order chi connectivity index (χ0) is 39.4. The maximum Gasteiger partial charge on any atom is 0.407 e. The third-order valence-corrected chi connectivity index (χ3v) is 8.02. The Labute approximate surface area is 320 Å². The van der Waals surface area contributed by atoms with E-state index in [1.807, 2.05) is 4.68 Å². The molecule has 0 spiro atoms. The zero-order valence-corrected chi connectivity index (χ0v) is 31.5. The Balaban J connectivity index is 1.20. The van der Waals surface area contributed by atoms with Crippen LogP contribution in [-0.4, -0.2) is 152 Å². The highest BCUT2D eigenvalue weighted by molar-refractivity contribution is 5.75. The van der Waals surface area contributed by atoms with Crippen molar-refractivity contribution in [2.75, 3.05) is 92.4 Å². The number of fused-ring (bicyclic) bond motifs is 1. The van der Waals surface area contributed by atoms with Crippen molar-refractivity contribution in [2.24, 2.45) is 21.6 Å². The Morgan fingerprint density at radius 2 is 1.55 bits per heavy atom. The number of aliphatic carboxylic acids is 1. The van der Waals surface area contributed by atoms with Gasteiger partial charge < -0.3 is 59.9 Å². The smallest absolute Gasteiger partial charge is 0.407 e. The van der Waals surface area contributed by atoms with Crippen molar-refractivity contribution in [3.05, 3.63) is 22.8 Å². The van der Waals surface area contributed by atoms with Crippen LogP contribution in [0.5, 0.6) is 0 Å². The van der Waals surface area contributed by atoms with Gasteiger partial charge in [0.1, 0.15) is 30.7 Å². The van der Waals surface area contributed by atoms with Crippen molar-refractivity contribution in [3.63, 3.8) is 0 Å². The van der Waals surface area contributed by atoms with Crippen LogP contribution in [0.2, 0.25) is 0 Å². The van der Waals surface area contributed by atoms with E-state index in [0.717, 1.165) is 43.5 Å². The van der Waals surface area contributed by atoms with Gasteiger partial charge in [-0.3, -0.25) is 9.79 Å². The Morgan fingerprint density at radius 3 is 2.31 bits per heavy atom. The number of aromatic nitrogens is 6. The number of aliphatic imine (C=N–C) groups is 1.